The van der Waals surface area contributed by atoms with Gasteiger partial charge in [0.25, 0.3) is 0 Å². The van der Waals surface area contributed by atoms with Gasteiger partial charge in [0.2, 0.25) is 5.91 Å². The molecule has 1 aliphatic rings. The summed E-state index contributed by atoms with van der Waals surface area (Å²) in [6.07, 6.45) is 1.29. The standard InChI is InChI=1S/C24H27N3O5S/c1-14(2)18-7-5-15(3)9-20(18)32-13-17-10-16(6-8-19(17)31-4)12-25-27-24-26-23(30)21(33-24)11-22(28)29/h5-10,12,14,21H,11,13H2,1-4H3,(H,28,29)(H,26,27,30). The Morgan fingerprint density at radius 1 is 1.24 bits per heavy atom. The van der Waals surface area contributed by atoms with Gasteiger partial charge in [0, 0.05) is 5.56 Å². The lowest BCUT2D eigenvalue weighted by Crippen LogP contribution is -2.26. The van der Waals surface area contributed by atoms with Gasteiger partial charge in [0.15, 0.2) is 5.17 Å². The quantitative estimate of drug-likeness (QED) is 0.423. The summed E-state index contributed by atoms with van der Waals surface area (Å²) in [5.41, 5.74) is 3.91. The molecule has 0 saturated carbocycles. The Kier molecular flexibility index (Phi) is 8.11. The highest BCUT2D eigenvalue weighted by Crippen LogP contribution is 2.29. The summed E-state index contributed by atoms with van der Waals surface area (Å²) < 4.78 is 11.6. The molecule has 1 saturated heterocycles. The molecule has 2 aromatic carbocycles. The van der Waals surface area contributed by atoms with E-state index in [4.69, 9.17) is 14.6 Å². The van der Waals surface area contributed by atoms with Crippen molar-refractivity contribution in [2.24, 2.45) is 10.2 Å². The number of hydrogen-bond acceptors (Lipinski definition) is 7. The van der Waals surface area contributed by atoms with Crippen molar-refractivity contribution in [1.82, 2.24) is 5.32 Å². The third kappa shape index (κ3) is 6.58. The van der Waals surface area contributed by atoms with Crippen LogP contribution in [0.25, 0.3) is 0 Å². The van der Waals surface area contributed by atoms with Gasteiger partial charge in [0.1, 0.15) is 23.4 Å². The first-order valence-electron chi connectivity index (χ1n) is 10.5. The van der Waals surface area contributed by atoms with E-state index in [1.54, 1.807) is 13.3 Å². The number of thioether (sulfide) groups is 1. The van der Waals surface area contributed by atoms with Gasteiger partial charge in [-0.2, -0.15) is 5.10 Å². The van der Waals surface area contributed by atoms with E-state index in [1.807, 2.05) is 31.2 Å². The molecule has 33 heavy (non-hydrogen) atoms. The molecule has 2 N–H and O–H groups in total. The summed E-state index contributed by atoms with van der Waals surface area (Å²) in [6, 6.07) is 11.8. The first-order valence-corrected chi connectivity index (χ1v) is 11.4. The van der Waals surface area contributed by atoms with E-state index in [1.165, 1.54) is 0 Å². The molecule has 1 amide bonds. The fourth-order valence-electron chi connectivity index (χ4n) is 3.28. The molecule has 8 nitrogen and oxygen atoms in total. The Bertz CT molecular complexity index is 1100. The Labute approximate surface area is 197 Å². The van der Waals surface area contributed by atoms with Gasteiger partial charge in [-0.25, -0.2) is 0 Å². The van der Waals surface area contributed by atoms with Gasteiger partial charge in [-0.05, 0) is 53.8 Å². The van der Waals surface area contributed by atoms with E-state index in [9.17, 15) is 9.59 Å². The van der Waals surface area contributed by atoms with Gasteiger partial charge in [-0.3, -0.25) is 9.59 Å². The minimum absolute atomic E-state index is 0.263. The molecule has 0 radical (unpaired) electrons. The van der Waals surface area contributed by atoms with Crippen LogP contribution >= 0.6 is 11.8 Å². The van der Waals surface area contributed by atoms with E-state index in [0.717, 1.165) is 39.8 Å². The summed E-state index contributed by atoms with van der Waals surface area (Å²) in [5.74, 6) is 0.475. The van der Waals surface area contributed by atoms with E-state index < -0.39 is 11.2 Å². The molecule has 1 aliphatic heterocycles. The van der Waals surface area contributed by atoms with Crippen LogP contribution in [-0.4, -0.2) is 40.7 Å². The van der Waals surface area contributed by atoms with Crippen molar-refractivity contribution in [3.8, 4) is 11.5 Å². The minimum atomic E-state index is -1.04. The lowest BCUT2D eigenvalue weighted by molar-refractivity contribution is -0.138. The van der Waals surface area contributed by atoms with Crippen molar-refractivity contribution < 1.29 is 24.2 Å². The molecule has 1 atom stereocenters. The molecule has 3 rings (SSSR count). The van der Waals surface area contributed by atoms with Gasteiger partial charge in [-0.1, -0.05) is 37.7 Å². The predicted molar refractivity (Wildman–Crippen MR) is 129 cm³/mol. The second kappa shape index (κ2) is 11.0. The number of hydrogen-bond donors (Lipinski definition) is 2. The molecule has 174 valence electrons. The summed E-state index contributed by atoms with van der Waals surface area (Å²) in [4.78, 5) is 22.6. The van der Waals surface area contributed by atoms with Crippen LogP contribution < -0.4 is 14.8 Å². The van der Waals surface area contributed by atoms with Gasteiger partial charge >= 0.3 is 5.97 Å². The summed E-state index contributed by atoms with van der Waals surface area (Å²) >= 11 is 1.06. The van der Waals surface area contributed by atoms with Crippen molar-refractivity contribution >= 4 is 35.0 Å². The number of benzene rings is 2. The second-order valence-electron chi connectivity index (χ2n) is 7.90. The Hall–Kier alpha value is -3.33. The number of methoxy groups -OCH3 is 1. The normalized spacial score (nSPS) is 17.1. The Morgan fingerprint density at radius 3 is 2.73 bits per heavy atom. The zero-order valence-electron chi connectivity index (χ0n) is 19.0. The maximum atomic E-state index is 11.8. The molecule has 0 spiro atoms. The molecule has 9 heteroatoms. The van der Waals surface area contributed by atoms with Crippen molar-refractivity contribution in [3.63, 3.8) is 0 Å². The third-order valence-corrected chi connectivity index (χ3v) is 6.04. The summed E-state index contributed by atoms with van der Waals surface area (Å²) in [7, 11) is 1.61. The fraction of sp³-hybridized carbons (Fsp3) is 0.333. The number of carbonyl (C=O) groups is 2. The van der Waals surface area contributed by atoms with Gasteiger partial charge in [0.05, 0.1) is 19.7 Å². The molecule has 1 heterocycles. The Balaban J connectivity index is 1.72. The molecule has 0 bridgehead atoms. The molecular formula is C24H27N3O5S. The molecular weight excluding hydrogens is 442 g/mol. The van der Waals surface area contributed by atoms with Crippen LogP contribution in [0.1, 0.15) is 48.4 Å². The summed E-state index contributed by atoms with van der Waals surface area (Å²) in [6.45, 7) is 6.62. The number of amidine groups is 1. The highest BCUT2D eigenvalue weighted by atomic mass is 32.2. The van der Waals surface area contributed by atoms with Crippen LogP contribution in [0.4, 0.5) is 0 Å². The Morgan fingerprint density at radius 2 is 2.03 bits per heavy atom. The van der Waals surface area contributed by atoms with E-state index >= 15 is 0 Å². The predicted octanol–water partition coefficient (Wildman–Crippen LogP) is 4.10. The molecule has 2 aromatic rings. The van der Waals surface area contributed by atoms with Crippen LogP contribution in [0.2, 0.25) is 0 Å². The maximum absolute atomic E-state index is 11.8. The minimum Gasteiger partial charge on any atom is -0.496 e. The number of aliphatic carboxylic acids is 1. The maximum Gasteiger partial charge on any atom is 0.305 e. The van der Waals surface area contributed by atoms with E-state index in [0.29, 0.717) is 18.3 Å². The number of carboxylic acid groups (broad SMARTS) is 1. The smallest absolute Gasteiger partial charge is 0.305 e. The highest BCUT2D eigenvalue weighted by Gasteiger charge is 2.32. The lowest BCUT2D eigenvalue weighted by atomic mass is 10.0. The van der Waals surface area contributed by atoms with Crippen molar-refractivity contribution in [3.05, 3.63) is 58.7 Å². The number of aryl methyl sites for hydroxylation is 1. The van der Waals surface area contributed by atoms with Crippen LogP contribution in [-0.2, 0) is 16.2 Å². The van der Waals surface area contributed by atoms with Crippen molar-refractivity contribution in [2.45, 2.75) is 45.0 Å². The zero-order chi connectivity index (χ0) is 24.0. The number of nitrogens with zero attached hydrogens (tertiary/aromatic N) is 2. The van der Waals surface area contributed by atoms with Crippen LogP contribution in [0.15, 0.2) is 46.6 Å². The summed E-state index contributed by atoms with van der Waals surface area (Å²) in [5, 5.41) is 19.0. The monoisotopic (exact) mass is 469 g/mol. The van der Waals surface area contributed by atoms with Crippen LogP contribution in [0.5, 0.6) is 11.5 Å². The topological polar surface area (TPSA) is 110 Å². The van der Waals surface area contributed by atoms with Gasteiger partial charge in [-0.15, -0.1) is 5.10 Å². The lowest BCUT2D eigenvalue weighted by Gasteiger charge is -2.16. The van der Waals surface area contributed by atoms with Gasteiger partial charge < -0.3 is 19.9 Å². The molecule has 0 aromatic heterocycles. The molecule has 1 fully saturated rings. The number of amides is 1. The first kappa shape index (κ1) is 24.3. The average Bonchev–Trinajstić information content (AvgIpc) is 3.10. The first-order chi connectivity index (χ1) is 15.8. The number of rotatable bonds is 9. The van der Waals surface area contributed by atoms with E-state index in [2.05, 4.69) is 41.5 Å². The number of carbonyl (C=O) groups excluding carboxylic acids is 1. The van der Waals surface area contributed by atoms with Crippen LogP contribution in [0, 0.1) is 6.92 Å². The molecule has 1 unspecified atom stereocenters. The number of nitrogens with one attached hydrogen (secondary N) is 1. The second-order valence-corrected chi connectivity index (χ2v) is 9.09. The number of carboxylic acids is 1. The fourth-order valence-corrected chi connectivity index (χ4v) is 4.20. The van der Waals surface area contributed by atoms with E-state index in [-0.39, 0.29) is 17.5 Å². The number of ether oxygens (including phenoxy) is 2. The average molecular weight is 470 g/mol. The van der Waals surface area contributed by atoms with Crippen molar-refractivity contribution in [1.29, 1.82) is 0 Å². The third-order valence-electron chi connectivity index (χ3n) is 4.97. The largest absolute Gasteiger partial charge is 0.496 e. The highest BCUT2D eigenvalue weighted by molar-refractivity contribution is 8.15. The molecule has 0 aliphatic carbocycles. The van der Waals surface area contributed by atoms with Crippen molar-refractivity contribution in [2.75, 3.05) is 7.11 Å². The zero-order valence-corrected chi connectivity index (χ0v) is 19.8. The van der Waals surface area contributed by atoms with Crippen LogP contribution in [0.3, 0.4) is 0 Å². The SMILES string of the molecule is COc1ccc(C=NN=C2NC(=O)C(CC(=O)O)S2)cc1COc1cc(C)ccc1C(C)C.